The lowest BCUT2D eigenvalue weighted by Gasteiger charge is -1.98. The van der Waals surface area contributed by atoms with Gasteiger partial charge in [-0.1, -0.05) is 6.07 Å². The molecule has 0 spiro atoms. The third-order valence-corrected chi connectivity index (χ3v) is 2.17. The van der Waals surface area contributed by atoms with Crippen LogP contribution in [-0.2, 0) is 10.0 Å². The lowest BCUT2D eigenvalue weighted by atomic mass is 10.5. The van der Waals surface area contributed by atoms with Crippen LogP contribution in [0.5, 0.6) is 0 Å². The number of pyridine rings is 1. The van der Waals surface area contributed by atoms with Crippen LogP contribution >= 0.6 is 0 Å². The number of rotatable bonds is 2. The zero-order valence-corrected chi connectivity index (χ0v) is 6.38. The van der Waals surface area contributed by atoms with Crippen molar-refractivity contribution in [2.75, 3.05) is 0 Å². The van der Waals surface area contributed by atoms with Gasteiger partial charge in [0.1, 0.15) is 0 Å². The predicted octanol–water partition coefficient (Wildman–Crippen LogP) is -0.766. The van der Waals surface area contributed by atoms with E-state index in [1.165, 1.54) is 12.3 Å². The van der Waals surface area contributed by atoms with Crippen molar-refractivity contribution in [1.82, 2.24) is 9.82 Å². The van der Waals surface area contributed by atoms with E-state index in [2.05, 4.69) is 4.98 Å². The SMILES string of the molecule is NNS(=O)(=O)c1ccccn1. The van der Waals surface area contributed by atoms with Gasteiger partial charge in [0.2, 0.25) is 0 Å². The smallest absolute Gasteiger partial charge is 0.257 e. The molecule has 1 heterocycles. The number of hydrogen-bond acceptors (Lipinski definition) is 4. The highest BCUT2D eigenvalue weighted by molar-refractivity contribution is 7.89. The summed E-state index contributed by atoms with van der Waals surface area (Å²) in [5.41, 5.74) is 0. The van der Waals surface area contributed by atoms with Crippen LogP contribution in [0.4, 0.5) is 0 Å². The number of nitrogens with two attached hydrogens (primary N) is 1. The lowest BCUT2D eigenvalue weighted by molar-refractivity contribution is 0.580. The number of hydrogen-bond donors (Lipinski definition) is 2. The molecule has 0 amide bonds. The van der Waals surface area contributed by atoms with Crippen molar-refractivity contribution >= 4 is 10.0 Å². The highest BCUT2D eigenvalue weighted by Crippen LogP contribution is 2.00. The van der Waals surface area contributed by atoms with Gasteiger partial charge in [-0.3, -0.25) is 5.84 Å². The first-order valence-electron chi connectivity index (χ1n) is 2.80. The summed E-state index contributed by atoms with van der Waals surface area (Å²) in [6.45, 7) is 0. The fraction of sp³-hybridized carbons (Fsp3) is 0. The molecule has 6 heteroatoms. The van der Waals surface area contributed by atoms with E-state index < -0.39 is 10.0 Å². The highest BCUT2D eigenvalue weighted by atomic mass is 32.2. The molecule has 0 unspecified atom stereocenters. The summed E-state index contributed by atoms with van der Waals surface area (Å²) in [7, 11) is -3.58. The number of sulfonamides is 1. The molecule has 5 nitrogen and oxygen atoms in total. The third-order valence-electron chi connectivity index (χ3n) is 1.07. The standard InChI is InChI=1S/C5H7N3O2S/c6-8-11(9,10)5-3-1-2-4-7-5/h1-4,8H,6H2. The molecule has 1 aromatic heterocycles. The second-order valence-electron chi connectivity index (χ2n) is 1.79. The molecule has 11 heavy (non-hydrogen) atoms. The Labute approximate surface area is 64.3 Å². The van der Waals surface area contributed by atoms with Crippen LogP contribution in [0.25, 0.3) is 0 Å². The van der Waals surface area contributed by atoms with E-state index in [1.54, 1.807) is 17.0 Å². The molecule has 1 rings (SSSR count). The van der Waals surface area contributed by atoms with E-state index in [1.807, 2.05) is 0 Å². The van der Waals surface area contributed by atoms with Gasteiger partial charge in [-0.05, 0) is 12.1 Å². The summed E-state index contributed by atoms with van der Waals surface area (Å²) >= 11 is 0. The first-order valence-corrected chi connectivity index (χ1v) is 4.28. The summed E-state index contributed by atoms with van der Waals surface area (Å²) < 4.78 is 21.8. The van der Waals surface area contributed by atoms with Gasteiger partial charge in [0, 0.05) is 6.20 Å². The summed E-state index contributed by atoms with van der Waals surface area (Å²) in [4.78, 5) is 5.26. The topological polar surface area (TPSA) is 85.1 Å². The Kier molecular flexibility index (Phi) is 2.18. The normalized spacial score (nSPS) is 11.4. The summed E-state index contributed by atoms with van der Waals surface area (Å²) in [6.07, 6.45) is 1.38. The zero-order valence-electron chi connectivity index (χ0n) is 5.56. The van der Waals surface area contributed by atoms with Crippen LogP contribution in [0.15, 0.2) is 29.4 Å². The maximum Gasteiger partial charge on any atom is 0.270 e. The summed E-state index contributed by atoms with van der Waals surface area (Å²) in [5, 5.41) is -0.0810. The molecular formula is C5H7N3O2S. The molecule has 0 saturated carbocycles. The molecule has 0 aliphatic heterocycles. The molecule has 0 atom stereocenters. The maximum atomic E-state index is 10.9. The minimum atomic E-state index is -3.58. The van der Waals surface area contributed by atoms with E-state index in [0.717, 1.165) is 0 Å². The Balaban J connectivity index is 3.14. The Bertz CT molecular complexity index is 321. The molecule has 0 aromatic carbocycles. The van der Waals surface area contributed by atoms with E-state index in [0.29, 0.717) is 0 Å². The van der Waals surface area contributed by atoms with Crippen LogP contribution in [0.3, 0.4) is 0 Å². The molecule has 1 aromatic rings. The van der Waals surface area contributed by atoms with Gasteiger partial charge < -0.3 is 0 Å². The molecular weight excluding hydrogens is 166 g/mol. The fourth-order valence-electron chi connectivity index (χ4n) is 0.566. The Morgan fingerprint density at radius 3 is 2.64 bits per heavy atom. The molecule has 60 valence electrons. The quantitative estimate of drug-likeness (QED) is 0.454. The number of aromatic nitrogens is 1. The summed E-state index contributed by atoms with van der Waals surface area (Å²) in [5.74, 6) is 4.76. The van der Waals surface area contributed by atoms with Gasteiger partial charge in [-0.25, -0.2) is 13.4 Å². The summed E-state index contributed by atoms with van der Waals surface area (Å²) in [6, 6.07) is 4.54. The molecule has 0 fully saturated rings. The number of nitrogens with zero attached hydrogens (tertiary/aromatic N) is 1. The first kappa shape index (κ1) is 8.12. The minimum Gasteiger partial charge on any atom is -0.257 e. The lowest BCUT2D eigenvalue weighted by Crippen LogP contribution is -2.30. The zero-order chi connectivity index (χ0) is 8.32. The molecule has 3 N–H and O–H groups in total. The van der Waals surface area contributed by atoms with E-state index in [-0.39, 0.29) is 5.03 Å². The number of nitrogens with one attached hydrogen (secondary N) is 1. The Morgan fingerprint density at radius 2 is 2.18 bits per heavy atom. The van der Waals surface area contributed by atoms with Crippen LogP contribution in [-0.4, -0.2) is 13.4 Å². The second-order valence-corrected chi connectivity index (χ2v) is 3.45. The van der Waals surface area contributed by atoms with E-state index in [9.17, 15) is 8.42 Å². The Morgan fingerprint density at radius 1 is 1.45 bits per heavy atom. The van der Waals surface area contributed by atoms with E-state index in [4.69, 9.17) is 5.84 Å². The van der Waals surface area contributed by atoms with Crippen molar-refractivity contribution in [3.05, 3.63) is 24.4 Å². The van der Waals surface area contributed by atoms with Crippen LogP contribution in [0.2, 0.25) is 0 Å². The third kappa shape index (κ3) is 1.73. The molecule has 0 aliphatic rings. The van der Waals surface area contributed by atoms with Gasteiger partial charge >= 0.3 is 0 Å². The molecule has 0 bridgehead atoms. The van der Waals surface area contributed by atoms with Crippen LogP contribution in [0, 0.1) is 0 Å². The largest absolute Gasteiger partial charge is 0.270 e. The Hall–Kier alpha value is -0.980. The van der Waals surface area contributed by atoms with Crippen molar-refractivity contribution in [2.24, 2.45) is 5.84 Å². The number of hydrazine groups is 1. The molecule has 0 saturated heterocycles. The average molecular weight is 173 g/mol. The maximum absolute atomic E-state index is 10.9. The van der Waals surface area contributed by atoms with Crippen molar-refractivity contribution in [1.29, 1.82) is 0 Å². The van der Waals surface area contributed by atoms with Gasteiger partial charge in [0.15, 0.2) is 5.03 Å². The predicted molar refractivity (Wildman–Crippen MR) is 38.7 cm³/mol. The highest BCUT2D eigenvalue weighted by Gasteiger charge is 2.10. The average Bonchev–Trinajstić information content (AvgIpc) is 2.06. The monoisotopic (exact) mass is 173 g/mol. The minimum absolute atomic E-state index is 0.0810. The van der Waals surface area contributed by atoms with Crippen LogP contribution < -0.4 is 10.7 Å². The van der Waals surface area contributed by atoms with E-state index >= 15 is 0 Å². The van der Waals surface area contributed by atoms with Gasteiger partial charge in [-0.2, -0.15) is 0 Å². The van der Waals surface area contributed by atoms with Crippen molar-refractivity contribution in [3.8, 4) is 0 Å². The first-order chi connectivity index (χ1) is 5.17. The second kappa shape index (κ2) is 2.95. The van der Waals surface area contributed by atoms with Crippen molar-refractivity contribution in [3.63, 3.8) is 0 Å². The van der Waals surface area contributed by atoms with Crippen LogP contribution in [0.1, 0.15) is 0 Å². The molecule has 0 radical (unpaired) electrons. The molecule has 0 aliphatic carbocycles. The van der Waals surface area contributed by atoms with Gasteiger partial charge in [0.05, 0.1) is 0 Å². The van der Waals surface area contributed by atoms with Gasteiger partial charge in [-0.15, -0.1) is 4.83 Å². The van der Waals surface area contributed by atoms with Crippen molar-refractivity contribution < 1.29 is 8.42 Å². The van der Waals surface area contributed by atoms with Gasteiger partial charge in [0.25, 0.3) is 10.0 Å². The van der Waals surface area contributed by atoms with Crippen molar-refractivity contribution in [2.45, 2.75) is 5.03 Å². The fourth-order valence-corrected chi connectivity index (χ4v) is 1.14.